The molecule has 5 aromatic rings. The average molecular weight is 409 g/mol. The van der Waals surface area contributed by atoms with Gasteiger partial charge in [0.15, 0.2) is 5.76 Å². The highest BCUT2D eigenvalue weighted by atomic mass is 16.3. The van der Waals surface area contributed by atoms with Crippen molar-refractivity contribution in [2.75, 3.05) is 0 Å². The van der Waals surface area contributed by atoms with Crippen LogP contribution in [0.25, 0.3) is 33.4 Å². The van der Waals surface area contributed by atoms with Gasteiger partial charge in [-0.1, -0.05) is 75.4 Å². The quantitative estimate of drug-likeness (QED) is 0.314. The first kappa shape index (κ1) is 19.3. The van der Waals surface area contributed by atoms with E-state index in [1.807, 2.05) is 59.2 Å². The molecule has 0 saturated carbocycles. The molecule has 0 unspecified atom stereocenters. The highest BCUT2D eigenvalue weighted by Crippen LogP contribution is 2.29. The van der Waals surface area contributed by atoms with E-state index in [0.29, 0.717) is 5.76 Å². The molecule has 2 heterocycles. The van der Waals surface area contributed by atoms with Gasteiger partial charge in [-0.05, 0) is 35.2 Å². The Bertz CT molecular complexity index is 1370. The van der Waals surface area contributed by atoms with E-state index in [9.17, 15) is 4.79 Å². The number of hydrogen-bond acceptors (Lipinski definition) is 3. The highest BCUT2D eigenvalue weighted by molar-refractivity contribution is 5.98. The van der Waals surface area contributed by atoms with Crippen LogP contribution < -0.4 is 0 Å². The number of rotatable bonds is 4. The van der Waals surface area contributed by atoms with Crippen LogP contribution in [0.1, 0.15) is 36.9 Å². The summed E-state index contributed by atoms with van der Waals surface area (Å²) in [4.78, 5) is 18.0. The lowest BCUT2D eigenvalue weighted by Gasteiger charge is -2.19. The second-order valence-corrected chi connectivity index (χ2v) is 8.91. The Morgan fingerprint density at radius 2 is 1.65 bits per heavy atom. The molecule has 0 atom stereocenters. The van der Waals surface area contributed by atoms with Crippen LogP contribution in [-0.2, 0) is 12.0 Å². The van der Waals surface area contributed by atoms with Gasteiger partial charge in [0.2, 0.25) is 5.78 Å². The first-order chi connectivity index (χ1) is 14.9. The van der Waals surface area contributed by atoms with E-state index in [0.717, 1.165) is 33.4 Å². The Hall–Kier alpha value is -3.66. The summed E-state index contributed by atoms with van der Waals surface area (Å²) in [7, 11) is 0. The first-order valence-electron chi connectivity index (χ1n) is 10.5. The van der Waals surface area contributed by atoms with Gasteiger partial charge < -0.3 is 8.98 Å². The van der Waals surface area contributed by atoms with Crippen LogP contribution in [0.4, 0.5) is 0 Å². The molecule has 3 aromatic carbocycles. The van der Waals surface area contributed by atoms with Gasteiger partial charge in [-0.3, -0.25) is 4.79 Å². The van der Waals surface area contributed by atoms with Crippen molar-refractivity contribution in [2.45, 2.75) is 32.7 Å². The summed E-state index contributed by atoms with van der Waals surface area (Å²) < 4.78 is 7.79. The molecular formula is C27H24N2O2. The van der Waals surface area contributed by atoms with E-state index < -0.39 is 0 Å². The molecule has 0 radical (unpaired) electrons. The van der Waals surface area contributed by atoms with E-state index in [1.165, 1.54) is 5.56 Å². The van der Waals surface area contributed by atoms with Gasteiger partial charge in [-0.2, -0.15) is 0 Å². The number of ketones is 1. The smallest absolute Gasteiger partial charge is 0.217 e. The minimum absolute atomic E-state index is 0.0769. The maximum absolute atomic E-state index is 13.2. The van der Waals surface area contributed by atoms with Crippen molar-refractivity contribution in [2.24, 2.45) is 0 Å². The third-order valence-electron chi connectivity index (χ3n) is 5.67. The maximum atomic E-state index is 13.2. The number of imidazole rings is 1. The zero-order chi connectivity index (χ0) is 21.6. The van der Waals surface area contributed by atoms with Crippen molar-refractivity contribution in [1.29, 1.82) is 0 Å². The fraction of sp³-hybridized carbons (Fsp3) is 0.185. The zero-order valence-corrected chi connectivity index (χ0v) is 17.9. The van der Waals surface area contributed by atoms with Crippen LogP contribution in [0, 0.1) is 0 Å². The third kappa shape index (κ3) is 3.55. The molecule has 154 valence electrons. The Labute approximate surface area is 181 Å². The number of fused-ring (bicyclic) bond motifs is 2. The molecule has 4 nitrogen and oxygen atoms in total. The summed E-state index contributed by atoms with van der Waals surface area (Å²) in [5, 5.41) is 0.930. The molecule has 0 aliphatic carbocycles. The summed E-state index contributed by atoms with van der Waals surface area (Å²) in [6.45, 7) is 6.76. The summed E-state index contributed by atoms with van der Waals surface area (Å²) in [6, 6.07) is 25.9. The number of carbonyl (C=O) groups excluding carboxylic acids is 1. The number of furan rings is 1. The van der Waals surface area contributed by atoms with Crippen LogP contribution >= 0.6 is 0 Å². The number of hydrogen-bond donors (Lipinski definition) is 0. The van der Waals surface area contributed by atoms with E-state index >= 15 is 0 Å². The van der Waals surface area contributed by atoms with E-state index in [4.69, 9.17) is 9.40 Å². The molecule has 0 aliphatic rings. The van der Waals surface area contributed by atoms with Crippen LogP contribution in [0.2, 0.25) is 0 Å². The fourth-order valence-electron chi connectivity index (χ4n) is 3.92. The molecule has 4 heteroatoms. The van der Waals surface area contributed by atoms with Gasteiger partial charge in [0.25, 0.3) is 0 Å². The van der Waals surface area contributed by atoms with Gasteiger partial charge in [-0.15, -0.1) is 0 Å². The van der Waals surface area contributed by atoms with E-state index in [-0.39, 0.29) is 17.7 Å². The molecule has 0 amide bonds. The molecule has 2 aromatic heterocycles. The SMILES string of the molecule is CC(C)(C)c1ccc(-c2nc3ccccc3n2CC(=O)c2cc3ccccc3o2)cc1. The number of Topliss-reactive ketones (excluding diaryl/α,β-unsaturated/α-hetero) is 1. The Balaban J connectivity index is 1.57. The molecule has 0 bridgehead atoms. The van der Waals surface area contributed by atoms with Gasteiger partial charge in [-0.25, -0.2) is 4.98 Å². The molecule has 5 rings (SSSR count). The van der Waals surface area contributed by atoms with Gasteiger partial charge in [0.1, 0.15) is 11.4 Å². The van der Waals surface area contributed by atoms with Crippen molar-refractivity contribution in [3.8, 4) is 11.4 Å². The minimum atomic E-state index is -0.0769. The maximum Gasteiger partial charge on any atom is 0.217 e. The monoisotopic (exact) mass is 408 g/mol. The van der Waals surface area contributed by atoms with Gasteiger partial charge >= 0.3 is 0 Å². The molecule has 0 fully saturated rings. The Morgan fingerprint density at radius 1 is 0.935 bits per heavy atom. The lowest BCUT2D eigenvalue weighted by Crippen LogP contribution is -2.12. The standard InChI is InChI=1S/C27H24N2O2/c1-27(2,3)20-14-12-18(13-15-20)26-28-21-9-5-6-10-22(21)29(26)17-23(30)25-16-19-8-4-7-11-24(19)31-25/h4-16H,17H2,1-3H3. The number of aromatic nitrogens is 2. The van der Waals surface area contributed by atoms with Gasteiger partial charge in [0, 0.05) is 10.9 Å². The summed E-state index contributed by atoms with van der Waals surface area (Å²) in [5.74, 6) is 1.08. The zero-order valence-electron chi connectivity index (χ0n) is 17.9. The van der Waals surface area contributed by atoms with Crippen molar-refractivity contribution >= 4 is 27.8 Å². The molecular weight excluding hydrogens is 384 g/mol. The summed E-state index contributed by atoms with van der Waals surface area (Å²) in [5.41, 5.74) is 4.85. The third-order valence-corrected chi connectivity index (χ3v) is 5.67. The van der Waals surface area contributed by atoms with Crippen molar-refractivity contribution in [3.63, 3.8) is 0 Å². The van der Waals surface area contributed by atoms with Crippen LogP contribution in [0.3, 0.4) is 0 Å². The van der Waals surface area contributed by atoms with Crippen LogP contribution in [0.15, 0.2) is 83.3 Å². The normalized spacial score (nSPS) is 12.0. The van der Waals surface area contributed by atoms with Crippen LogP contribution in [0.5, 0.6) is 0 Å². The number of para-hydroxylation sites is 3. The lowest BCUT2D eigenvalue weighted by atomic mass is 9.87. The summed E-state index contributed by atoms with van der Waals surface area (Å²) in [6.07, 6.45) is 0. The number of nitrogens with zero attached hydrogens (tertiary/aromatic N) is 2. The molecule has 0 N–H and O–H groups in total. The topological polar surface area (TPSA) is 48.0 Å². The molecule has 0 saturated heterocycles. The Kier molecular flexibility index (Phi) is 4.51. The second kappa shape index (κ2) is 7.24. The molecule has 31 heavy (non-hydrogen) atoms. The van der Waals surface area contributed by atoms with E-state index in [1.54, 1.807) is 0 Å². The average Bonchev–Trinajstić information content (AvgIpc) is 3.35. The largest absolute Gasteiger partial charge is 0.453 e. The van der Waals surface area contributed by atoms with Crippen molar-refractivity contribution in [3.05, 3.63) is 90.2 Å². The van der Waals surface area contributed by atoms with Crippen LogP contribution in [-0.4, -0.2) is 15.3 Å². The first-order valence-corrected chi connectivity index (χ1v) is 10.5. The predicted octanol–water partition coefficient (Wildman–Crippen LogP) is 6.63. The van der Waals surface area contributed by atoms with E-state index in [2.05, 4.69) is 45.0 Å². The Morgan fingerprint density at radius 3 is 2.39 bits per heavy atom. The lowest BCUT2D eigenvalue weighted by molar-refractivity contribution is 0.0949. The number of benzene rings is 3. The van der Waals surface area contributed by atoms with Crippen molar-refractivity contribution in [1.82, 2.24) is 9.55 Å². The summed E-state index contributed by atoms with van der Waals surface area (Å²) >= 11 is 0. The molecule has 0 spiro atoms. The predicted molar refractivity (Wildman–Crippen MR) is 124 cm³/mol. The highest BCUT2D eigenvalue weighted by Gasteiger charge is 2.19. The minimum Gasteiger partial charge on any atom is -0.453 e. The number of carbonyl (C=O) groups is 1. The fourth-order valence-corrected chi connectivity index (χ4v) is 3.92. The van der Waals surface area contributed by atoms with Gasteiger partial charge in [0.05, 0.1) is 17.6 Å². The second-order valence-electron chi connectivity index (χ2n) is 8.91. The molecule has 0 aliphatic heterocycles. The van der Waals surface area contributed by atoms with Crippen molar-refractivity contribution < 1.29 is 9.21 Å².